The van der Waals surface area contributed by atoms with Crippen molar-refractivity contribution in [2.24, 2.45) is 5.92 Å². The SMILES string of the molecule is N#Cc1ccc(O[C@H]2CC[C@H](NC(=O)c3ccc(N4CC(CN5CCN(c6ccc7c(=O)n(C8CCC(=O)NC8=O)ncc7c6)CC5)C4)cc3)CC2)cc1Cl. The number of rotatable bonds is 9. The summed E-state index contributed by atoms with van der Waals surface area (Å²) >= 11 is 6.15. The van der Waals surface area contributed by atoms with E-state index in [9.17, 15) is 19.2 Å². The number of piperazine rings is 1. The average Bonchev–Trinajstić information content (AvgIpc) is 3.18. The Morgan fingerprint density at radius 2 is 1.65 bits per heavy atom. The number of carbonyl (C=O) groups is 3. The van der Waals surface area contributed by atoms with Crippen molar-refractivity contribution in [1.29, 1.82) is 5.26 Å². The Bertz CT molecular complexity index is 2200. The van der Waals surface area contributed by atoms with Crippen LogP contribution in [0.15, 0.2) is 71.7 Å². The molecule has 284 valence electrons. The van der Waals surface area contributed by atoms with Gasteiger partial charge in [0.25, 0.3) is 17.4 Å². The first kappa shape index (κ1) is 36.5. The normalized spacial score (nSPS) is 22.1. The molecule has 1 atom stereocenters. The molecular formula is C41H43ClN8O5. The smallest absolute Gasteiger partial charge is 0.275 e. The minimum atomic E-state index is -0.780. The maximum atomic E-state index is 13.2. The fraction of sp³-hybridized carbons (Fsp3) is 0.415. The number of piperidine rings is 1. The summed E-state index contributed by atoms with van der Waals surface area (Å²) in [6.07, 6.45) is 5.46. The van der Waals surface area contributed by atoms with Crippen LogP contribution in [0.4, 0.5) is 11.4 Å². The number of hydrogen-bond donors (Lipinski definition) is 2. The summed E-state index contributed by atoms with van der Waals surface area (Å²) in [5, 5.41) is 20.5. The molecule has 4 aromatic rings. The third kappa shape index (κ3) is 8.02. The molecule has 0 radical (unpaired) electrons. The number of amides is 3. The number of imide groups is 1. The van der Waals surface area contributed by atoms with Gasteiger partial charge in [0.2, 0.25) is 5.91 Å². The molecule has 3 aliphatic heterocycles. The molecule has 8 rings (SSSR count). The molecule has 4 aliphatic rings. The highest BCUT2D eigenvalue weighted by Crippen LogP contribution is 2.29. The van der Waals surface area contributed by atoms with Crippen LogP contribution >= 0.6 is 11.6 Å². The lowest BCUT2D eigenvalue weighted by Gasteiger charge is -2.45. The molecule has 13 nitrogen and oxygen atoms in total. The Hall–Kier alpha value is -5.45. The predicted octanol–water partition coefficient (Wildman–Crippen LogP) is 4.28. The number of nitrogens with one attached hydrogen (secondary N) is 2. The summed E-state index contributed by atoms with van der Waals surface area (Å²) in [6.45, 7) is 6.69. The highest BCUT2D eigenvalue weighted by atomic mass is 35.5. The van der Waals surface area contributed by atoms with Gasteiger partial charge >= 0.3 is 0 Å². The zero-order chi connectivity index (χ0) is 38.1. The maximum absolute atomic E-state index is 13.2. The van der Waals surface area contributed by atoms with Gasteiger partial charge in [0, 0.05) is 92.6 Å². The van der Waals surface area contributed by atoms with E-state index in [-0.39, 0.29) is 42.4 Å². The van der Waals surface area contributed by atoms with Crippen LogP contribution in [0.3, 0.4) is 0 Å². The molecule has 14 heteroatoms. The van der Waals surface area contributed by atoms with Crippen LogP contribution in [0.2, 0.25) is 5.02 Å². The topological polar surface area (TPSA) is 153 Å². The molecule has 1 aliphatic carbocycles. The largest absolute Gasteiger partial charge is 0.490 e. The van der Waals surface area contributed by atoms with E-state index in [4.69, 9.17) is 21.6 Å². The van der Waals surface area contributed by atoms with Crippen LogP contribution in [0.25, 0.3) is 10.8 Å². The van der Waals surface area contributed by atoms with Gasteiger partial charge in [-0.15, -0.1) is 0 Å². The van der Waals surface area contributed by atoms with Gasteiger partial charge in [-0.2, -0.15) is 10.4 Å². The molecular weight excluding hydrogens is 720 g/mol. The second-order valence-corrected chi connectivity index (χ2v) is 15.5. The van der Waals surface area contributed by atoms with Crippen molar-refractivity contribution >= 4 is 51.5 Å². The van der Waals surface area contributed by atoms with Crippen LogP contribution in [0.1, 0.15) is 60.5 Å². The second-order valence-electron chi connectivity index (χ2n) is 15.1. The fourth-order valence-corrected chi connectivity index (χ4v) is 8.42. The average molecular weight is 763 g/mol. The lowest BCUT2D eigenvalue weighted by atomic mass is 9.92. The first-order valence-corrected chi connectivity index (χ1v) is 19.4. The van der Waals surface area contributed by atoms with Crippen molar-refractivity contribution in [2.75, 3.05) is 55.6 Å². The third-order valence-electron chi connectivity index (χ3n) is 11.4. The van der Waals surface area contributed by atoms with Crippen LogP contribution in [0, 0.1) is 17.2 Å². The van der Waals surface area contributed by atoms with Crippen LogP contribution < -0.4 is 30.7 Å². The number of ether oxygens (including phenoxy) is 1. The zero-order valence-corrected chi connectivity index (χ0v) is 31.2. The monoisotopic (exact) mass is 762 g/mol. The lowest BCUT2D eigenvalue weighted by molar-refractivity contribution is -0.136. The van der Waals surface area contributed by atoms with E-state index >= 15 is 0 Å². The van der Waals surface area contributed by atoms with Gasteiger partial charge in [-0.05, 0) is 86.7 Å². The number of fused-ring (bicyclic) bond motifs is 1. The summed E-state index contributed by atoms with van der Waals surface area (Å²) in [7, 11) is 0. The van der Waals surface area contributed by atoms with Crippen molar-refractivity contribution in [3.63, 3.8) is 0 Å². The van der Waals surface area contributed by atoms with Gasteiger partial charge < -0.3 is 19.9 Å². The number of anilines is 2. The van der Waals surface area contributed by atoms with Crippen molar-refractivity contribution in [1.82, 2.24) is 25.3 Å². The van der Waals surface area contributed by atoms with Gasteiger partial charge in [-0.1, -0.05) is 11.6 Å². The number of benzene rings is 3. The van der Waals surface area contributed by atoms with Crippen LogP contribution in [0.5, 0.6) is 5.75 Å². The van der Waals surface area contributed by atoms with Crippen LogP contribution in [-0.4, -0.2) is 90.4 Å². The van der Waals surface area contributed by atoms with Gasteiger partial charge in [0.05, 0.1) is 28.3 Å². The molecule has 0 spiro atoms. The number of nitrogens with zero attached hydrogens (tertiary/aromatic N) is 6. The molecule has 4 fully saturated rings. The zero-order valence-electron chi connectivity index (χ0n) is 30.5. The van der Waals surface area contributed by atoms with Gasteiger partial charge in [-0.25, -0.2) is 4.68 Å². The number of hydrogen-bond acceptors (Lipinski definition) is 10. The van der Waals surface area contributed by atoms with Gasteiger partial charge in [0.1, 0.15) is 17.9 Å². The number of aromatic nitrogens is 2. The summed E-state index contributed by atoms with van der Waals surface area (Å²) in [6, 6.07) is 20.2. The molecule has 3 saturated heterocycles. The summed E-state index contributed by atoms with van der Waals surface area (Å²) in [5.41, 5.74) is 2.94. The van der Waals surface area contributed by atoms with E-state index in [0.717, 1.165) is 88.3 Å². The Morgan fingerprint density at radius 1 is 0.909 bits per heavy atom. The highest BCUT2D eigenvalue weighted by molar-refractivity contribution is 6.31. The molecule has 55 heavy (non-hydrogen) atoms. The standard InChI is InChI=1S/C41H43ClN8O5/c42-36-20-34(9-3-28(36)21-43)55-33-10-4-30(5-11-33)45-39(52)27-1-6-31(7-2-27)49-24-26(25-49)23-47-15-17-48(18-16-47)32-8-12-35-29(19-32)22-44-50(41(35)54)37-13-14-38(51)46-40(37)53/h1-3,6-9,12,19-20,22,26,30,33,37H,4-5,10-11,13-18,23-25H2,(H,45,52)(H,46,51,53)/t30-,33-,37?. The Labute approximate surface area is 323 Å². The van der Waals surface area contributed by atoms with E-state index in [0.29, 0.717) is 33.2 Å². The molecule has 3 aromatic carbocycles. The summed E-state index contributed by atoms with van der Waals surface area (Å²) in [5.74, 6) is 0.377. The predicted molar refractivity (Wildman–Crippen MR) is 209 cm³/mol. The van der Waals surface area contributed by atoms with E-state index < -0.39 is 11.9 Å². The van der Waals surface area contributed by atoms with Gasteiger partial charge in [-0.3, -0.25) is 29.4 Å². The van der Waals surface area contributed by atoms with E-state index in [1.54, 1.807) is 24.4 Å². The summed E-state index contributed by atoms with van der Waals surface area (Å²) < 4.78 is 7.29. The minimum Gasteiger partial charge on any atom is -0.490 e. The number of halogens is 1. The Balaban J connectivity index is 0.757. The van der Waals surface area contributed by atoms with Crippen LogP contribution in [-0.2, 0) is 9.59 Å². The van der Waals surface area contributed by atoms with Crippen molar-refractivity contribution < 1.29 is 19.1 Å². The molecule has 3 amide bonds. The Kier molecular flexibility index (Phi) is 10.4. The van der Waals surface area contributed by atoms with Crippen molar-refractivity contribution in [3.05, 3.63) is 93.4 Å². The van der Waals surface area contributed by atoms with E-state index in [2.05, 4.69) is 36.5 Å². The molecule has 1 aromatic heterocycles. The second kappa shape index (κ2) is 15.7. The molecule has 0 bridgehead atoms. The number of carbonyl (C=O) groups excluding carboxylic acids is 3. The summed E-state index contributed by atoms with van der Waals surface area (Å²) in [4.78, 5) is 57.3. The maximum Gasteiger partial charge on any atom is 0.275 e. The molecule has 1 unspecified atom stereocenters. The van der Waals surface area contributed by atoms with Crippen molar-refractivity contribution in [3.8, 4) is 11.8 Å². The van der Waals surface area contributed by atoms with Gasteiger partial charge in [0.15, 0.2) is 0 Å². The van der Waals surface area contributed by atoms with E-state index in [1.165, 1.54) is 4.68 Å². The molecule has 2 N–H and O–H groups in total. The third-order valence-corrected chi connectivity index (χ3v) is 11.7. The number of nitriles is 1. The highest BCUT2D eigenvalue weighted by Gasteiger charge is 2.32. The van der Waals surface area contributed by atoms with E-state index in [1.807, 2.05) is 42.5 Å². The quantitative estimate of drug-likeness (QED) is 0.237. The molecule has 1 saturated carbocycles. The Morgan fingerprint density at radius 3 is 2.36 bits per heavy atom. The van der Waals surface area contributed by atoms with Crippen molar-refractivity contribution in [2.45, 2.75) is 56.7 Å². The molecule has 4 heterocycles. The first-order valence-electron chi connectivity index (χ1n) is 19.1. The fourth-order valence-electron chi connectivity index (χ4n) is 8.21. The first-order chi connectivity index (χ1) is 26.7. The minimum absolute atomic E-state index is 0.0518. The lowest BCUT2D eigenvalue weighted by Crippen LogP contribution is -2.55.